The molecule has 0 saturated heterocycles. The Morgan fingerprint density at radius 3 is 2.56 bits per heavy atom. The van der Waals surface area contributed by atoms with E-state index in [4.69, 9.17) is 0 Å². The number of nitrogens with one attached hydrogen (secondary N) is 1. The Hall–Kier alpha value is -2.09. The van der Waals surface area contributed by atoms with Gasteiger partial charge in [-0.2, -0.15) is 0 Å². The number of rotatable bonds is 2. The lowest BCUT2D eigenvalue weighted by Crippen LogP contribution is -2.23. The Bertz CT molecular complexity index is 562. The standard InChI is InChI=1S/C16H15NO/c18-16(12-6-2-1-3-7-12)14-10-11-17-15-9-5-4-8-13(14)15/h1-9,14,17H,10-11H2. The molecule has 1 aliphatic rings. The molecular weight excluding hydrogens is 222 g/mol. The molecule has 1 unspecified atom stereocenters. The maximum absolute atomic E-state index is 12.5. The summed E-state index contributed by atoms with van der Waals surface area (Å²) in [5, 5.41) is 3.35. The molecule has 2 nitrogen and oxygen atoms in total. The van der Waals surface area contributed by atoms with E-state index in [9.17, 15) is 4.79 Å². The molecule has 0 aliphatic carbocycles. The summed E-state index contributed by atoms with van der Waals surface area (Å²) >= 11 is 0. The van der Waals surface area contributed by atoms with Crippen LogP contribution in [0.15, 0.2) is 54.6 Å². The lowest BCUT2D eigenvalue weighted by Gasteiger charge is -2.25. The van der Waals surface area contributed by atoms with Crippen LogP contribution in [0.5, 0.6) is 0 Å². The SMILES string of the molecule is O=C(c1ccccc1)C1CCNc2ccccc21. The van der Waals surface area contributed by atoms with Gasteiger partial charge in [0.2, 0.25) is 0 Å². The summed E-state index contributed by atoms with van der Waals surface area (Å²) in [6.45, 7) is 0.861. The van der Waals surface area contributed by atoms with Crippen LogP contribution in [0.2, 0.25) is 0 Å². The number of carbonyl (C=O) groups excluding carboxylic acids is 1. The molecule has 0 radical (unpaired) electrons. The number of fused-ring (bicyclic) bond motifs is 1. The van der Waals surface area contributed by atoms with Crippen LogP contribution in [0, 0.1) is 0 Å². The summed E-state index contributed by atoms with van der Waals surface area (Å²) in [4.78, 5) is 12.5. The monoisotopic (exact) mass is 237 g/mol. The van der Waals surface area contributed by atoms with Gasteiger partial charge < -0.3 is 5.32 Å². The Balaban J connectivity index is 1.97. The van der Waals surface area contributed by atoms with Crippen LogP contribution >= 0.6 is 0 Å². The van der Waals surface area contributed by atoms with Gasteiger partial charge in [0.1, 0.15) is 0 Å². The third kappa shape index (κ3) is 1.90. The first-order valence-electron chi connectivity index (χ1n) is 6.28. The molecule has 2 heteroatoms. The Labute approximate surface area is 107 Å². The third-order valence-electron chi connectivity index (χ3n) is 3.46. The molecule has 90 valence electrons. The summed E-state index contributed by atoms with van der Waals surface area (Å²) < 4.78 is 0. The highest BCUT2D eigenvalue weighted by Gasteiger charge is 2.26. The zero-order valence-corrected chi connectivity index (χ0v) is 10.1. The largest absolute Gasteiger partial charge is 0.385 e. The van der Waals surface area contributed by atoms with E-state index in [1.807, 2.05) is 54.6 Å². The molecule has 18 heavy (non-hydrogen) atoms. The first kappa shape index (κ1) is 11.0. The van der Waals surface area contributed by atoms with Crippen LogP contribution in [-0.4, -0.2) is 12.3 Å². The average Bonchev–Trinajstić information content (AvgIpc) is 2.47. The van der Waals surface area contributed by atoms with Crippen molar-refractivity contribution in [2.24, 2.45) is 0 Å². The number of carbonyl (C=O) groups is 1. The van der Waals surface area contributed by atoms with E-state index < -0.39 is 0 Å². The Kier molecular flexibility index (Phi) is 2.85. The molecule has 0 bridgehead atoms. The van der Waals surface area contributed by atoms with Crippen molar-refractivity contribution in [3.05, 3.63) is 65.7 Å². The predicted molar refractivity (Wildman–Crippen MR) is 73.1 cm³/mol. The smallest absolute Gasteiger partial charge is 0.170 e. The van der Waals surface area contributed by atoms with Crippen molar-refractivity contribution in [3.63, 3.8) is 0 Å². The quantitative estimate of drug-likeness (QED) is 0.810. The second-order valence-electron chi connectivity index (χ2n) is 4.59. The molecular formula is C16H15NO. The Morgan fingerprint density at radius 1 is 1.00 bits per heavy atom. The number of benzene rings is 2. The fraction of sp³-hybridized carbons (Fsp3) is 0.188. The number of hydrogen-bond donors (Lipinski definition) is 1. The molecule has 0 fully saturated rings. The van der Waals surface area contributed by atoms with Crippen LogP contribution in [0.3, 0.4) is 0 Å². The highest BCUT2D eigenvalue weighted by molar-refractivity contribution is 6.02. The fourth-order valence-corrected chi connectivity index (χ4v) is 2.54. The van der Waals surface area contributed by atoms with Crippen molar-refractivity contribution in [1.29, 1.82) is 0 Å². The van der Waals surface area contributed by atoms with E-state index in [1.54, 1.807) is 0 Å². The molecule has 1 heterocycles. The van der Waals surface area contributed by atoms with Gasteiger partial charge in [0.15, 0.2) is 5.78 Å². The lowest BCUT2D eigenvalue weighted by atomic mass is 9.85. The summed E-state index contributed by atoms with van der Waals surface area (Å²) in [6, 6.07) is 17.7. The van der Waals surface area contributed by atoms with E-state index in [0.29, 0.717) is 0 Å². The van der Waals surface area contributed by atoms with Gasteiger partial charge >= 0.3 is 0 Å². The molecule has 0 saturated carbocycles. The maximum atomic E-state index is 12.5. The third-order valence-corrected chi connectivity index (χ3v) is 3.46. The molecule has 0 spiro atoms. The number of ketones is 1. The van der Waals surface area contributed by atoms with Crippen molar-refractivity contribution in [3.8, 4) is 0 Å². The molecule has 2 aromatic rings. The second-order valence-corrected chi connectivity index (χ2v) is 4.59. The van der Waals surface area contributed by atoms with Crippen molar-refractivity contribution >= 4 is 11.5 Å². The molecule has 2 aromatic carbocycles. The van der Waals surface area contributed by atoms with Crippen LogP contribution < -0.4 is 5.32 Å². The van der Waals surface area contributed by atoms with Gasteiger partial charge in [0.05, 0.1) is 5.92 Å². The highest BCUT2D eigenvalue weighted by Crippen LogP contribution is 2.33. The first-order chi connectivity index (χ1) is 8.86. The van der Waals surface area contributed by atoms with Gasteiger partial charge in [-0.1, -0.05) is 48.5 Å². The minimum absolute atomic E-state index is 0.00940. The van der Waals surface area contributed by atoms with E-state index in [2.05, 4.69) is 5.32 Å². The van der Waals surface area contributed by atoms with Gasteiger partial charge in [-0.3, -0.25) is 4.79 Å². The van der Waals surface area contributed by atoms with E-state index in [0.717, 1.165) is 29.8 Å². The fourth-order valence-electron chi connectivity index (χ4n) is 2.54. The minimum atomic E-state index is -0.00940. The van der Waals surface area contributed by atoms with Crippen LogP contribution in [0.25, 0.3) is 0 Å². The van der Waals surface area contributed by atoms with Gasteiger partial charge in [-0.05, 0) is 18.1 Å². The minimum Gasteiger partial charge on any atom is -0.385 e. The summed E-state index contributed by atoms with van der Waals surface area (Å²) in [5.74, 6) is 0.217. The summed E-state index contributed by atoms with van der Waals surface area (Å²) in [7, 11) is 0. The molecule has 0 amide bonds. The van der Waals surface area contributed by atoms with Crippen molar-refractivity contribution in [2.75, 3.05) is 11.9 Å². The normalized spacial score (nSPS) is 17.7. The zero-order chi connectivity index (χ0) is 12.4. The summed E-state index contributed by atoms with van der Waals surface area (Å²) in [6.07, 6.45) is 0.866. The number of para-hydroxylation sites is 1. The second kappa shape index (κ2) is 4.65. The van der Waals surface area contributed by atoms with Crippen molar-refractivity contribution < 1.29 is 4.79 Å². The topological polar surface area (TPSA) is 29.1 Å². The number of hydrogen-bond acceptors (Lipinski definition) is 2. The predicted octanol–water partition coefficient (Wildman–Crippen LogP) is 3.47. The van der Waals surface area contributed by atoms with Gasteiger partial charge in [-0.25, -0.2) is 0 Å². The van der Waals surface area contributed by atoms with E-state index in [-0.39, 0.29) is 11.7 Å². The molecule has 1 N–H and O–H groups in total. The van der Waals surface area contributed by atoms with E-state index in [1.165, 1.54) is 0 Å². The maximum Gasteiger partial charge on any atom is 0.170 e. The molecule has 1 aliphatic heterocycles. The van der Waals surface area contributed by atoms with Crippen LogP contribution in [0.1, 0.15) is 28.3 Å². The summed E-state index contributed by atoms with van der Waals surface area (Å²) in [5.41, 5.74) is 3.02. The van der Waals surface area contributed by atoms with Crippen LogP contribution in [-0.2, 0) is 0 Å². The van der Waals surface area contributed by atoms with Gasteiger partial charge in [0, 0.05) is 17.8 Å². The number of Topliss-reactive ketones (excluding diaryl/α,β-unsaturated/α-hetero) is 1. The zero-order valence-electron chi connectivity index (χ0n) is 10.1. The van der Waals surface area contributed by atoms with E-state index >= 15 is 0 Å². The van der Waals surface area contributed by atoms with Gasteiger partial charge in [-0.15, -0.1) is 0 Å². The Morgan fingerprint density at radius 2 is 1.72 bits per heavy atom. The molecule has 1 atom stereocenters. The molecule has 3 rings (SSSR count). The average molecular weight is 237 g/mol. The molecule has 0 aromatic heterocycles. The van der Waals surface area contributed by atoms with Crippen molar-refractivity contribution in [1.82, 2.24) is 0 Å². The van der Waals surface area contributed by atoms with Crippen molar-refractivity contribution in [2.45, 2.75) is 12.3 Å². The first-order valence-corrected chi connectivity index (χ1v) is 6.28. The highest BCUT2D eigenvalue weighted by atomic mass is 16.1. The van der Waals surface area contributed by atoms with Crippen LogP contribution in [0.4, 0.5) is 5.69 Å². The lowest BCUT2D eigenvalue weighted by molar-refractivity contribution is 0.0955. The number of anilines is 1. The van der Waals surface area contributed by atoms with Gasteiger partial charge in [0.25, 0.3) is 0 Å².